The Kier molecular flexibility index (Phi) is 4.33. The SMILES string of the molecule is CNC(c1c(F)cccc1F)C1CCCC(C)C1. The summed E-state index contributed by atoms with van der Waals surface area (Å²) < 4.78 is 27.7. The highest BCUT2D eigenvalue weighted by atomic mass is 19.1. The van der Waals surface area contributed by atoms with Gasteiger partial charge in [-0.05, 0) is 43.9 Å². The fraction of sp³-hybridized carbons (Fsp3) is 0.600. The maximum Gasteiger partial charge on any atom is 0.130 e. The second kappa shape index (κ2) is 5.79. The molecular weight excluding hydrogens is 232 g/mol. The lowest BCUT2D eigenvalue weighted by Crippen LogP contribution is -2.30. The van der Waals surface area contributed by atoms with Crippen molar-refractivity contribution < 1.29 is 8.78 Å². The van der Waals surface area contributed by atoms with E-state index < -0.39 is 11.6 Å². The third-order valence-electron chi connectivity index (χ3n) is 4.07. The molecule has 1 fully saturated rings. The van der Waals surface area contributed by atoms with Gasteiger partial charge in [0.15, 0.2) is 0 Å². The Bertz CT molecular complexity index is 385. The zero-order valence-electron chi connectivity index (χ0n) is 11.0. The molecule has 0 amide bonds. The van der Waals surface area contributed by atoms with Crippen LogP contribution in [0.1, 0.15) is 44.2 Å². The van der Waals surface area contributed by atoms with E-state index in [9.17, 15) is 8.78 Å². The molecule has 0 aliphatic heterocycles. The molecule has 1 aliphatic carbocycles. The van der Waals surface area contributed by atoms with Gasteiger partial charge in [-0.25, -0.2) is 8.78 Å². The highest BCUT2D eigenvalue weighted by molar-refractivity contribution is 5.24. The van der Waals surface area contributed by atoms with Crippen molar-refractivity contribution in [3.63, 3.8) is 0 Å². The van der Waals surface area contributed by atoms with Gasteiger partial charge >= 0.3 is 0 Å². The molecule has 0 aromatic heterocycles. The molecule has 3 unspecified atom stereocenters. The Labute approximate surface area is 108 Å². The van der Waals surface area contributed by atoms with Gasteiger partial charge in [-0.15, -0.1) is 0 Å². The van der Waals surface area contributed by atoms with E-state index in [1.54, 1.807) is 7.05 Å². The van der Waals surface area contributed by atoms with Crippen LogP contribution >= 0.6 is 0 Å². The van der Waals surface area contributed by atoms with Crippen LogP contribution in [0.4, 0.5) is 8.78 Å². The summed E-state index contributed by atoms with van der Waals surface area (Å²) >= 11 is 0. The van der Waals surface area contributed by atoms with Crippen molar-refractivity contribution in [2.75, 3.05) is 7.05 Å². The fourth-order valence-electron chi connectivity index (χ4n) is 3.21. The first-order chi connectivity index (χ1) is 8.63. The standard InChI is InChI=1S/C15H21F2N/c1-10-5-3-6-11(9-10)15(18-2)14-12(16)7-4-8-13(14)17/h4,7-8,10-11,15,18H,3,5-6,9H2,1-2H3. The first-order valence-corrected chi connectivity index (χ1v) is 6.74. The summed E-state index contributed by atoms with van der Waals surface area (Å²) in [7, 11) is 1.79. The molecule has 1 nitrogen and oxygen atoms in total. The van der Waals surface area contributed by atoms with Crippen molar-refractivity contribution in [2.24, 2.45) is 11.8 Å². The monoisotopic (exact) mass is 253 g/mol. The molecule has 1 N–H and O–H groups in total. The summed E-state index contributed by atoms with van der Waals surface area (Å²) in [5, 5.41) is 3.11. The maximum absolute atomic E-state index is 13.9. The summed E-state index contributed by atoms with van der Waals surface area (Å²) in [6.07, 6.45) is 4.47. The molecule has 3 atom stereocenters. The number of hydrogen-bond acceptors (Lipinski definition) is 1. The first-order valence-electron chi connectivity index (χ1n) is 6.74. The first kappa shape index (κ1) is 13.5. The van der Waals surface area contributed by atoms with Gasteiger partial charge in [-0.3, -0.25) is 0 Å². The molecule has 0 heterocycles. The molecule has 1 aromatic carbocycles. The third kappa shape index (κ3) is 2.72. The number of halogens is 2. The minimum absolute atomic E-state index is 0.208. The van der Waals surface area contributed by atoms with E-state index in [1.807, 2.05) is 0 Å². The van der Waals surface area contributed by atoms with Gasteiger partial charge in [0.25, 0.3) is 0 Å². The van der Waals surface area contributed by atoms with Gasteiger partial charge in [-0.2, -0.15) is 0 Å². The molecule has 2 rings (SSSR count). The number of nitrogens with one attached hydrogen (secondary N) is 1. The fourth-order valence-corrected chi connectivity index (χ4v) is 3.21. The topological polar surface area (TPSA) is 12.0 Å². The molecule has 1 aliphatic rings. The molecular formula is C15H21F2N. The van der Waals surface area contributed by atoms with Crippen LogP contribution in [0.25, 0.3) is 0 Å². The summed E-state index contributed by atoms with van der Waals surface area (Å²) in [5.74, 6) is 0.0970. The van der Waals surface area contributed by atoms with E-state index in [1.165, 1.54) is 24.6 Å². The maximum atomic E-state index is 13.9. The average molecular weight is 253 g/mol. The zero-order chi connectivity index (χ0) is 13.1. The van der Waals surface area contributed by atoms with Crippen LogP contribution in [0.15, 0.2) is 18.2 Å². The highest BCUT2D eigenvalue weighted by Crippen LogP contribution is 2.38. The number of benzene rings is 1. The lowest BCUT2D eigenvalue weighted by Gasteiger charge is -2.33. The van der Waals surface area contributed by atoms with Gasteiger partial charge in [0.2, 0.25) is 0 Å². The van der Waals surface area contributed by atoms with E-state index in [2.05, 4.69) is 12.2 Å². The smallest absolute Gasteiger partial charge is 0.130 e. The molecule has 0 saturated heterocycles. The molecule has 18 heavy (non-hydrogen) atoms. The predicted octanol–water partition coefficient (Wildman–Crippen LogP) is 4.05. The average Bonchev–Trinajstić information content (AvgIpc) is 2.34. The van der Waals surface area contributed by atoms with Crippen molar-refractivity contribution in [2.45, 2.75) is 38.6 Å². The quantitative estimate of drug-likeness (QED) is 0.857. The molecule has 0 bridgehead atoms. The van der Waals surface area contributed by atoms with Crippen molar-refractivity contribution in [1.29, 1.82) is 0 Å². The van der Waals surface area contributed by atoms with Crippen LogP contribution in [0.2, 0.25) is 0 Å². The molecule has 1 saturated carbocycles. The van der Waals surface area contributed by atoms with Gasteiger partial charge in [0, 0.05) is 11.6 Å². The van der Waals surface area contributed by atoms with Crippen molar-refractivity contribution >= 4 is 0 Å². The van der Waals surface area contributed by atoms with E-state index in [0.29, 0.717) is 11.8 Å². The predicted molar refractivity (Wildman–Crippen MR) is 69.3 cm³/mol. The Balaban J connectivity index is 2.27. The van der Waals surface area contributed by atoms with Crippen LogP contribution in [-0.4, -0.2) is 7.05 Å². The normalized spacial score (nSPS) is 26.0. The Morgan fingerprint density at radius 3 is 2.44 bits per heavy atom. The van der Waals surface area contributed by atoms with Gasteiger partial charge < -0.3 is 5.32 Å². The Morgan fingerprint density at radius 2 is 1.89 bits per heavy atom. The second-order valence-electron chi connectivity index (χ2n) is 5.43. The van der Waals surface area contributed by atoms with E-state index in [0.717, 1.165) is 19.3 Å². The number of hydrogen-bond donors (Lipinski definition) is 1. The van der Waals surface area contributed by atoms with E-state index in [4.69, 9.17) is 0 Å². The van der Waals surface area contributed by atoms with Crippen LogP contribution in [0.5, 0.6) is 0 Å². The van der Waals surface area contributed by atoms with Crippen LogP contribution < -0.4 is 5.32 Å². The molecule has 1 aromatic rings. The molecule has 0 spiro atoms. The lowest BCUT2D eigenvalue weighted by atomic mass is 9.76. The van der Waals surface area contributed by atoms with Crippen molar-refractivity contribution in [1.82, 2.24) is 5.32 Å². The molecule has 100 valence electrons. The summed E-state index contributed by atoms with van der Waals surface area (Å²) in [4.78, 5) is 0. The van der Waals surface area contributed by atoms with E-state index in [-0.39, 0.29) is 11.6 Å². The molecule has 0 radical (unpaired) electrons. The Hall–Kier alpha value is -0.960. The summed E-state index contributed by atoms with van der Waals surface area (Å²) in [5.41, 5.74) is 0.208. The molecule has 3 heteroatoms. The van der Waals surface area contributed by atoms with Crippen molar-refractivity contribution in [3.8, 4) is 0 Å². The van der Waals surface area contributed by atoms with Gasteiger partial charge in [0.05, 0.1) is 0 Å². The van der Waals surface area contributed by atoms with Gasteiger partial charge in [-0.1, -0.05) is 25.8 Å². The number of rotatable bonds is 3. The summed E-state index contributed by atoms with van der Waals surface area (Å²) in [6, 6.07) is 3.89. The minimum atomic E-state index is -0.437. The Morgan fingerprint density at radius 1 is 1.22 bits per heavy atom. The minimum Gasteiger partial charge on any atom is -0.313 e. The van der Waals surface area contributed by atoms with Crippen LogP contribution in [-0.2, 0) is 0 Å². The van der Waals surface area contributed by atoms with Crippen LogP contribution in [0.3, 0.4) is 0 Å². The van der Waals surface area contributed by atoms with E-state index >= 15 is 0 Å². The lowest BCUT2D eigenvalue weighted by molar-refractivity contribution is 0.223. The summed E-state index contributed by atoms with van der Waals surface area (Å²) in [6.45, 7) is 2.22. The zero-order valence-corrected chi connectivity index (χ0v) is 11.0. The van der Waals surface area contributed by atoms with Gasteiger partial charge in [0.1, 0.15) is 11.6 Å². The highest BCUT2D eigenvalue weighted by Gasteiger charge is 2.30. The van der Waals surface area contributed by atoms with Crippen molar-refractivity contribution in [3.05, 3.63) is 35.4 Å². The second-order valence-corrected chi connectivity index (χ2v) is 5.43. The third-order valence-corrected chi connectivity index (χ3v) is 4.07. The largest absolute Gasteiger partial charge is 0.313 e. The van der Waals surface area contributed by atoms with Crippen LogP contribution in [0, 0.1) is 23.5 Å².